The second kappa shape index (κ2) is 7.75. The number of para-hydroxylation sites is 1. The lowest BCUT2D eigenvalue weighted by Gasteiger charge is -2.35. The number of hydrogen-bond donors (Lipinski definition) is 1. The molecule has 0 radical (unpaired) electrons. The number of nitrogens with zero attached hydrogens (tertiary/aromatic N) is 1. The van der Waals surface area contributed by atoms with E-state index in [2.05, 4.69) is 17.9 Å². The molecule has 0 spiro atoms. The van der Waals surface area contributed by atoms with Gasteiger partial charge < -0.3 is 13.7 Å². The summed E-state index contributed by atoms with van der Waals surface area (Å²) in [5, 5.41) is 5.00. The summed E-state index contributed by atoms with van der Waals surface area (Å²) in [4.78, 5) is 2.35. The first-order chi connectivity index (χ1) is 12.8. The van der Waals surface area contributed by atoms with Crippen LogP contribution in [0.25, 0.3) is 0 Å². The molecule has 0 fully saturated rings. The third-order valence-corrected chi connectivity index (χ3v) is 5.18. The maximum Gasteiger partial charge on any atom is 0.380 e. The van der Waals surface area contributed by atoms with E-state index in [1.165, 1.54) is 7.11 Å². The number of hydrogen-bond acceptors (Lipinski definition) is 6. The van der Waals surface area contributed by atoms with E-state index in [0.717, 1.165) is 35.4 Å². The van der Waals surface area contributed by atoms with Crippen LogP contribution in [-0.4, -0.2) is 33.6 Å². The zero-order chi connectivity index (χ0) is 19.6. The Morgan fingerprint density at radius 3 is 2.41 bits per heavy atom. The summed E-state index contributed by atoms with van der Waals surface area (Å²) in [6.45, 7) is 3.60. The van der Waals surface area contributed by atoms with Gasteiger partial charge in [0.25, 0.3) is 0 Å². The molecule has 27 heavy (non-hydrogen) atoms. The third-order valence-electron chi connectivity index (χ3n) is 4.77. The molecule has 1 aliphatic rings. The van der Waals surface area contributed by atoms with Gasteiger partial charge in [-0.25, -0.2) is 0 Å². The van der Waals surface area contributed by atoms with Crippen LogP contribution in [0.1, 0.15) is 23.6 Å². The number of rotatable bonds is 6. The first-order valence-electron chi connectivity index (χ1n) is 8.58. The Morgan fingerprint density at radius 2 is 1.74 bits per heavy atom. The molecule has 0 aliphatic carbocycles. The van der Waals surface area contributed by atoms with E-state index in [1.54, 1.807) is 13.2 Å². The van der Waals surface area contributed by atoms with Crippen molar-refractivity contribution < 1.29 is 22.1 Å². The summed E-state index contributed by atoms with van der Waals surface area (Å²) < 4.78 is 38.2. The van der Waals surface area contributed by atoms with Crippen LogP contribution in [0.15, 0.2) is 36.4 Å². The van der Waals surface area contributed by atoms with Crippen LogP contribution in [0.5, 0.6) is 17.2 Å². The molecule has 0 amide bonds. The summed E-state index contributed by atoms with van der Waals surface area (Å²) in [7, 11) is -0.973. The SMILES string of the molecule is COc1ccccc1CN1Cc2cc(OC)c(OS(N)(=O)=O)cc2CC1C. The van der Waals surface area contributed by atoms with Crippen molar-refractivity contribution in [2.75, 3.05) is 14.2 Å². The fourth-order valence-electron chi connectivity index (χ4n) is 3.42. The molecule has 0 aromatic heterocycles. The van der Waals surface area contributed by atoms with E-state index in [4.69, 9.17) is 18.8 Å². The van der Waals surface area contributed by atoms with E-state index < -0.39 is 10.3 Å². The number of benzene rings is 2. The molecule has 1 unspecified atom stereocenters. The Kier molecular flexibility index (Phi) is 5.59. The van der Waals surface area contributed by atoms with Crippen molar-refractivity contribution in [3.05, 3.63) is 53.1 Å². The standard InChI is InChI=1S/C19H24N2O5S/c1-13-8-15-9-19(26-27(20,22)23)18(25-3)10-16(15)12-21(13)11-14-6-4-5-7-17(14)24-2/h4-7,9-10,13H,8,11-12H2,1-3H3,(H2,20,22,23). The van der Waals surface area contributed by atoms with Gasteiger partial charge in [-0.15, -0.1) is 0 Å². The normalized spacial score (nSPS) is 17.3. The first-order valence-corrected chi connectivity index (χ1v) is 10.1. The Labute approximate surface area is 159 Å². The topological polar surface area (TPSA) is 91.1 Å². The molecule has 3 rings (SSSR count). The number of fused-ring (bicyclic) bond motifs is 1. The van der Waals surface area contributed by atoms with Gasteiger partial charge in [-0.2, -0.15) is 13.6 Å². The van der Waals surface area contributed by atoms with E-state index in [9.17, 15) is 8.42 Å². The van der Waals surface area contributed by atoms with Gasteiger partial charge in [0.1, 0.15) is 5.75 Å². The second-order valence-electron chi connectivity index (χ2n) is 6.62. The van der Waals surface area contributed by atoms with Crippen molar-refractivity contribution in [2.24, 2.45) is 5.14 Å². The third kappa shape index (κ3) is 4.52. The van der Waals surface area contributed by atoms with Crippen molar-refractivity contribution >= 4 is 10.3 Å². The minimum absolute atomic E-state index is 0.115. The van der Waals surface area contributed by atoms with Crippen LogP contribution in [0.4, 0.5) is 0 Å². The lowest BCUT2D eigenvalue weighted by atomic mass is 9.93. The van der Waals surface area contributed by atoms with Crippen LogP contribution in [0.3, 0.4) is 0 Å². The fraction of sp³-hybridized carbons (Fsp3) is 0.368. The van der Waals surface area contributed by atoms with Gasteiger partial charge in [0.05, 0.1) is 14.2 Å². The molecule has 7 nitrogen and oxygen atoms in total. The Bertz CT molecular complexity index is 930. The van der Waals surface area contributed by atoms with Crippen molar-refractivity contribution in [3.63, 3.8) is 0 Å². The minimum Gasteiger partial charge on any atom is -0.496 e. The summed E-state index contributed by atoms with van der Waals surface area (Å²) in [5.41, 5.74) is 3.22. The molecule has 0 bridgehead atoms. The number of nitrogens with two attached hydrogens (primary N) is 1. The molecule has 2 N–H and O–H groups in total. The van der Waals surface area contributed by atoms with Gasteiger partial charge in [-0.1, -0.05) is 18.2 Å². The highest BCUT2D eigenvalue weighted by Crippen LogP contribution is 2.36. The van der Waals surface area contributed by atoms with Gasteiger partial charge in [0.2, 0.25) is 0 Å². The summed E-state index contributed by atoms with van der Waals surface area (Å²) >= 11 is 0. The molecule has 8 heteroatoms. The van der Waals surface area contributed by atoms with Gasteiger partial charge in [0, 0.05) is 24.7 Å². The molecule has 2 aromatic carbocycles. The van der Waals surface area contributed by atoms with Gasteiger partial charge in [-0.3, -0.25) is 4.90 Å². The predicted molar refractivity (Wildman–Crippen MR) is 102 cm³/mol. The summed E-state index contributed by atoms with van der Waals surface area (Å²) in [6, 6.07) is 11.8. The fourth-order valence-corrected chi connectivity index (χ4v) is 3.80. The highest BCUT2D eigenvalue weighted by Gasteiger charge is 2.26. The van der Waals surface area contributed by atoms with Crippen molar-refractivity contribution in [1.82, 2.24) is 4.90 Å². The zero-order valence-electron chi connectivity index (χ0n) is 15.6. The number of ether oxygens (including phenoxy) is 2. The smallest absolute Gasteiger partial charge is 0.380 e. The number of methoxy groups -OCH3 is 2. The van der Waals surface area contributed by atoms with Crippen LogP contribution in [0, 0.1) is 0 Å². The van der Waals surface area contributed by atoms with Gasteiger partial charge in [0.15, 0.2) is 11.5 Å². The molecule has 1 aliphatic heterocycles. The second-order valence-corrected chi connectivity index (χ2v) is 7.77. The molecule has 146 valence electrons. The summed E-state index contributed by atoms with van der Waals surface area (Å²) in [6.07, 6.45) is 0.759. The predicted octanol–water partition coefficient (Wildman–Crippen LogP) is 2.23. The first kappa shape index (κ1) is 19.5. The monoisotopic (exact) mass is 392 g/mol. The molecule has 0 saturated heterocycles. The average Bonchev–Trinajstić information content (AvgIpc) is 2.61. The van der Waals surface area contributed by atoms with Crippen molar-refractivity contribution in [2.45, 2.75) is 32.5 Å². The Balaban J connectivity index is 1.88. The van der Waals surface area contributed by atoms with Crippen molar-refractivity contribution in [1.29, 1.82) is 0 Å². The molecule has 2 aromatic rings. The average molecular weight is 392 g/mol. The van der Waals surface area contributed by atoms with Crippen LogP contribution in [-0.2, 0) is 29.8 Å². The molecule has 0 saturated carbocycles. The lowest BCUT2D eigenvalue weighted by molar-refractivity contribution is 0.173. The Morgan fingerprint density at radius 1 is 1.07 bits per heavy atom. The summed E-state index contributed by atoms with van der Waals surface area (Å²) in [5.74, 6) is 1.32. The maximum atomic E-state index is 11.3. The minimum atomic E-state index is -4.11. The highest BCUT2D eigenvalue weighted by molar-refractivity contribution is 7.84. The van der Waals surface area contributed by atoms with Crippen molar-refractivity contribution in [3.8, 4) is 17.2 Å². The van der Waals surface area contributed by atoms with E-state index in [1.807, 2.05) is 24.3 Å². The quantitative estimate of drug-likeness (QED) is 0.811. The lowest BCUT2D eigenvalue weighted by Crippen LogP contribution is -2.38. The highest BCUT2D eigenvalue weighted by atomic mass is 32.2. The van der Waals surface area contributed by atoms with E-state index >= 15 is 0 Å². The largest absolute Gasteiger partial charge is 0.496 e. The zero-order valence-corrected chi connectivity index (χ0v) is 16.5. The van der Waals surface area contributed by atoms with Crippen LogP contribution >= 0.6 is 0 Å². The van der Waals surface area contributed by atoms with Crippen LogP contribution in [0.2, 0.25) is 0 Å². The molecule has 1 heterocycles. The van der Waals surface area contributed by atoms with Gasteiger partial charge in [-0.05, 0) is 42.7 Å². The van der Waals surface area contributed by atoms with Gasteiger partial charge >= 0.3 is 10.3 Å². The van der Waals surface area contributed by atoms with E-state index in [-0.39, 0.29) is 11.8 Å². The van der Waals surface area contributed by atoms with E-state index in [0.29, 0.717) is 12.3 Å². The molecular weight excluding hydrogens is 368 g/mol. The molecule has 1 atom stereocenters. The molecular formula is C19H24N2O5S. The van der Waals surface area contributed by atoms with Crippen LogP contribution < -0.4 is 18.8 Å². The maximum absolute atomic E-state index is 11.3. The Hall–Kier alpha value is -2.29.